The topological polar surface area (TPSA) is 54.9 Å². The molecule has 0 fully saturated rings. The van der Waals surface area contributed by atoms with Gasteiger partial charge >= 0.3 is 0 Å². The Labute approximate surface area is 172 Å². The minimum absolute atomic E-state index is 0.345. The maximum atomic E-state index is 6.08. The van der Waals surface area contributed by atoms with Crippen LogP contribution >= 0.6 is 12.2 Å². The summed E-state index contributed by atoms with van der Waals surface area (Å²) in [5, 5.41) is 8.36. The number of aryl methyl sites for hydroxylation is 2. The van der Waals surface area contributed by atoms with Gasteiger partial charge in [-0.15, -0.1) is 0 Å². The molecule has 0 amide bonds. The van der Waals surface area contributed by atoms with E-state index in [1.165, 1.54) is 5.56 Å². The highest BCUT2D eigenvalue weighted by Gasteiger charge is 2.31. The predicted octanol–water partition coefficient (Wildman–Crippen LogP) is 4.82. The molecule has 0 atom stereocenters. The molecule has 0 unspecified atom stereocenters. The van der Waals surface area contributed by atoms with Crippen molar-refractivity contribution in [3.05, 3.63) is 53.1 Å². The fourth-order valence-electron chi connectivity index (χ4n) is 3.34. The van der Waals surface area contributed by atoms with Crippen LogP contribution in [0.15, 0.2) is 41.5 Å². The highest BCUT2D eigenvalue weighted by atomic mass is 32.1. The fourth-order valence-corrected chi connectivity index (χ4v) is 3.49. The van der Waals surface area contributed by atoms with Crippen LogP contribution in [0.2, 0.25) is 0 Å². The maximum absolute atomic E-state index is 6.08. The highest BCUT2D eigenvalue weighted by molar-refractivity contribution is 7.80. The van der Waals surface area contributed by atoms with Crippen molar-refractivity contribution in [2.45, 2.75) is 46.1 Å². The normalized spacial score (nSPS) is 16.1. The molecular weight excluding hydrogens is 370 g/mol. The second-order valence-corrected chi connectivity index (χ2v) is 7.90. The summed E-state index contributed by atoms with van der Waals surface area (Å²) in [6, 6.07) is 12.0. The van der Waals surface area contributed by atoms with Crippen LogP contribution in [0.1, 0.15) is 43.9 Å². The lowest BCUT2D eigenvalue weighted by Crippen LogP contribution is -2.37. The minimum atomic E-state index is -0.345. The molecule has 5 nitrogen and oxygen atoms in total. The van der Waals surface area contributed by atoms with E-state index < -0.39 is 0 Å². The van der Waals surface area contributed by atoms with Crippen molar-refractivity contribution in [1.82, 2.24) is 5.43 Å². The van der Waals surface area contributed by atoms with Crippen molar-refractivity contribution in [2.75, 3.05) is 12.4 Å². The quantitative estimate of drug-likeness (QED) is 0.572. The van der Waals surface area contributed by atoms with Crippen molar-refractivity contribution in [3.8, 4) is 11.5 Å². The zero-order valence-corrected chi connectivity index (χ0v) is 17.9. The van der Waals surface area contributed by atoms with Crippen molar-refractivity contribution >= 4 is 28.7 Å². The lowest BCUT2D eigenvalue weighted by molar-refractivity contribution is 0.111. The molecule has 1 aliphatic heterocycles. The third-order valence-corrected chi connectivity index (χ3v) is 4.94. The summed E-state index contributed by atoms with van der Waals surface area (Å²) in [4.78, 5) is 0. The zero-order valence-electron chi connectivity index (χ0n) is 17.1. The largest absolute Gasteiger partial charge is 0.497 e. The Kier molecular flexibility index (Phi) is 5.89. The number of methoxy groups -OCH3 is 1. The molecule has 148 valence electrons. The summed E-state index contributed by atoms with van der Waals surface area (Å²) in [6.07, 6.45) is 1.59. The number of fused-ring (bicyclic) bond motifs is 1. The molecule has 0 spiro atoms. The maximum Gasteiger partial charge on any atom is 0.191 e. The van der Waals surface area contributed by atoms with Gasteiger partial charge in [0.05, 0.1) is 12.8 Å². The molecule has 28 heavy (non-hydrogen) atoms. The van der Waals surface area contributed by atoms with Gasteiger partial charge in [0.2, 0.25) is 0 Å². The highest BCUT2D eigenvalue weighted by Crippen LogP contribution is 2.35. The first kappa shape index (κ1) is 20.1. The van der Waals surface area contributed by atoms with E-state index in [0.717, 1.165) is 40.4 Å². The van der Waals surface area contributed by atoms with Gasteiger partial charge in [-0.25, -0.2) is 0 Å². The Bertz CT molecular complexity index is 922. The lowest BCUT2D eigenvalue weighted by Gasteiger charge is -2.33. The van der Waals surface area contributed by atoms with Crippen LogP contribution in [0, 0.1) is 6.92 Å². The molecule has 2 aromatic rings. The Balaban J connectivity index is 1.83. The number of para-hydroxylation sites is 1. The first-order valence-corrected chi connectivity index (χ1v) is 9.83. The van der Waals surface area contributed by atoms with E-state index in [1.807, 2.05) is 32.0 Å². The number of nitrogens with zero attached hydrogens (tertiary/aromatic N) is 1. The van der Waals surface area contributed by atoms with E-state index in [4.69, 9.17) is 21.7 Å². The first-order chi connectivity index (χ1) is 13.3. The Hall–Kier alpha value is -2.60. The van der Waals surface area contributed by atoms with Crippen LogP contribution in [0.5, 0.6) is 11.5 Å². The van der Waals surface area contributed by atoms with Gasteiger partial charge in [-0.05, 0) is 68.7 Å². The molecule has 0 aromatic heterocycles. The summed E-state index contributed by atoms with van der Waals surface area (Å²) >= 11 is 5.49. The van der Waals surface area contributed by atoms with E-state index >= 15 is 0 Å². The monoisotopic (exact) mass is 397 g/mol. The molecule has 6 heteroatoms. The molecule has 0 aliphatic carbocycles. The van der Waals surface area contributed by atoms with E-state index in [-0.39, 0.29) is 5.60 Å². The third kappa shape index (κ3) is 4.44. The number of nitrogens with one attached hydrogen (secondary N) is 2. The average Bonchev–Trinajstić information content (AvgIpc) is 2.66. The molecule has 0 bridgehead atoms. The summed E-state index contributed by atoms with van der Waals surface area (Å²) in [7, 11) is 1.65. The molecule has 0 radical (unpaired) electrons. The van der Waals surface area contributed by atoms with Crippen molar-refractivity contribution in [1.29, 1.82) is 0 Å². The third-order valence-electron chi connectivity index (χ3n) is 4.75. The van der Waals surface area contributed by atoms with Gasteiger partial charge in [0, 0.05) is 17.7 Å². The van der Waals surface area contributed by atoms with Gasteiger partial charge in [-0.1, -0.05) is 25.1 Å². The van der Waals surface area contributed by atoms with Crippen LogP contribution in [0.4, 0.5) is 5.69 Å². The lowest BCUT2D eigenvalue weighted by atomic mass is 9.92. The van der Waals surface area contributed by atoms with Gasteiger partial charge in [0.1, 0.15) is 17.1 Å². The van der Waals surface area contributed by atoms with Crippen molar-refractivity contribution in [3.63, 3.8) is 0 Å². The molecule has 0 saturated heterocycles. The summed E-state index contributed by atoms with van der Waals surface area (Å²) in [5.74, 6) is 1.56. The van der Waals surface area contributed by atoms with Crippen LogP contribution in [0.25, 0.3) is 0 Å². The number of hydrogen-bond donors (Lipinski definition) is 2. The van der Waals surface area contributed by atoms with E-state index in [9.17, 15) is 0 Å². The van der Waals surface area contributed by atoms with Gasteiger partial charge in [-0.3, -0.25) is 5.43 Å². The second-order valence-electron chi connectivity index (χ2n) is 7.49. The molecule has 2 aromatic carbocycles. The van der Waals surface area contributed by atoms with Crippen LogP contribution in [0.3, 0.4) is 0 Å². The molecule has 3 rings (SSSR count). The van der Waals surface area contributed by atoms with Gasteiger partial charge in [0.25, 0.3) is 0 Å². The van der Waals surface area contributed by atoms with Crippen molar-refractivity contribution < 1.29 is 9.47 Å². The molecule has 1 heterocycles. The van der Waals surface area contributed by atoms with E-state index in [0.29, 0.717) is 11.5 Å². The number of thiocarbonyl (C=S) groups is 1. The first-order valence-electron chi connectivity index (χ1n) is 9.42. The second kappa shape index (κ2) is 8.19. The SMILES string of the molecule is CCc1cccc(C)c1NC(=S)N/N=C1\CC(C)(C)Oc2ccc(OC)cc21. The molecule has 1 aliphatic rings. The number of hydrazone groups is 1. The average molecular weight is 398 g/mol. The van der Waals surface area contributed by atoms with E-state index in [2.05, 4.69) is 47.9 Å². The van der Waals surface area contributed by atoms with Crippen LogP contribution < -0.4 is 20.2 Å². The number of benzene rings is 2. The fraction of sp³-hybridized carbons (Fsp3) is 0.364. The Morgan fingerprint density at radius 2 is 2.07 bits per heavy atom. The molecule has 2 N–H and O–H groups in total. The number of anilines is 1. The standard InChI is InChI=1S/C22H27N3O2S/c1-6-15-9-7-8-14(2)20(15)23-21(28)25-24-18-13-22(3,4)27-19-11-10-16(26-5)12-17(18)19/h7-12H,6,13H2,1-5H3,(H2,23,25,28)/b24-18+. The summed E-state index contributed by atoms with van der Waals surface area (Å²) < 4.78 is 11.4. The number of rotatable bonds is 4. The Morgan fingerprint density at radius 1 is 1.29 bits per heavy atom. The van der Waals surface area contributed by atoms with Crippen molar-refractivity contribution in [2.24, 2.45) is 5.10 Å². The van der Waals surface area contributed by atoms with Crippen LogP contribution in [-0.2, 0) is 6.42 Å². The smallest absolute Gasteiger partial charge is 0.191 e. The summed E-state index contributed by atoms with van der Waals surface area (Å²) in [5.41, 5.74) is 7.87. The number of ether oxygens (including phenoxy) is 2. The zero-order chi connectivity index (χ0) is 20.3. The van der Waals surface area contributed by atoms with E-state index in [1.54, 1.807) is 7.11 Å². The summed E-state index contributed by atoms with van der Waals surface area (Å²) in [6.45, 7) is 8.30. The predicted molar refractivity (Wildman–Crippen MR) is 119 cm³/mol. The van der Waals surface area contributed by atoms with Crippen LogP contribution in [-0.4, -0.2) is 23.5 Å². The Morgan fingerprint density at radius 3 is 2.79 bits per heavy atom. The van der Waals surface area contributed by atoms with Gasteiger partial charge < -0.3 is 14.8 Å². The van der Waals surface area contributed by atoms with Gasteiger partial charge in [0.15, 0.2) is 5.11 Å². The van der Waals surface area contributed by atoms with Gasteiger partial charge in [-0.2, -0.15) is 5.10 Å². The molecule has 0 saturated carbocycles. The molecular formula is C22H27N3O2S. The number of hydrogen-bond acceptors (Lipinski definition) is 4. The minimum Gasteiger partial charge on any atom is -0.497 e.